The molecule has 8 nitrogen and oxygen atoms in total. The fourth-order valence-electron chi connectivity index (χ4n) is 5.19. The Balaban J connectivity index is 2.11. The van der Waals surface area contributed by atoms with Gasteiger partial charge in [0.2, 0.25) is 0 Å². The van der Waals surface area contributed by atoms with Crippen molar-refractivity contribution >= 4 is 8.53 Å². The normalized spacial score (nSPS) is 13.3. The average molecular weight is 649 g/mol. The van der Waals surface area contributed by atoms with Crippen LogP contribution in [-0.4, -0.2) is 63.5 Å². The quantitative estimate of drug-likeness (QED) is 0.0524. The van der Waals surface area contributed by atoms with Gasteiger partial charge in [-0.15, -0.1) is 0 Å². The van der Waals surface area contributed by atoms with Crippen LogP contribution in [0.3, 0.4) is 0 Å². The van der Waals surface area contributed by atoms with E-state index >= 15 is 0 Å². The van der Waals surface area contributed by atoms with Gasteiger partial charge in [0.1, 0.15) is 23.2 Å². The molecule has 0 spiro atoms. The molecule has 2 unspecified atom stereocenters. The molecule has 0 amide bonds. The van der Waals surface area contributed by atoms with Crippen molar-refractivity contribution in [2.75, 3.05) is 40.6 Å². The smallest absolute Gasteiger partial charge is 0.259 e. The summed E-state index contributed by atoms with van der Waals surface area (Å²) >= 11 is 0. The maximum atomic E-state index is 9.21. The Morgan fingerprint density at radius 3 is 1.83 bits per heavy atom. The van der Waals surface area contributed by atoms with Gasteiger partial charge in [-0.3, -0.25) is 0 Å². The summed E-state index contributed by atoms with van der Waals surface area (Å²) in [4.78, 5) is 0. The fraction of sp³-hybridized carbons (Fsp3) is 0.432. The van der Waals surface area contributed by atoms with E-state index in [9.17, 15) is 5.26 Å². The van der Waals surface area contributed by atoms with Gasteiger partial charge >= 0.3 is 0 Å². The second-order valence-electron chi connectivity index (χ2n) is 11.2. The van der Waals surface area contributed by atoms with Gasteiger partial charge in [-0.05, 0) is 75.6 Å². The van der Waals surface area contributed by atoms with E-state index in [4.69, 9.17) is 28.0 Å². The molecule has 0 aliphatic heterocycles. The van der Waals surface area contributed by atoms with Gasteiger partial charge in [0.25, 0.3) is 8.53 Å². The van der Waals surface area contributed by atoms with Crippen molar-refractivity contribution in [2.24, 2.45) is 0 Å². The molecule has 0 saturated heterocycles. The minimum Gasteiger partial charge on any atom is -0.497 e. The topological polar surface area (TPSA) is 82.4 Å². The molecule has 0 fully saturated rings. The van der Waals surface area contributed by atoms with Crippen LogP contribution < -0.4 is 9.47 Å². The van der Waals surface area contributed by atoms with Crippen LogP contribution in [0, 0.1) is 11.3 Å². The molecule has 0 aliphatic carbocycles. The lowest BCUT2D eigenvalue weighted by molar-refractivity contribution is -0.0563. The van der Waals surface area contributed by atoms with E-state index in [1.165, 1.54) is 0 Å². The highest BCUT2D eigenvalue weighted by molar-refractivity contribution is 7.44. The number of ether oxygens (including phenoxy) is 4. The second-order valence-corrected chi connectivity index (χ2v) is 12.6. The van der Waals surface area contributed by atoms with E-state index in [-0.39, 0.29) is 38.3 Å². The first-order chi connectivity index (χ1) is 22.3. The van der Waals surface area contributed by atoms with E-state index in [2.05, 4.69) is 50.6 Å². The molecule has 0 bridgehead atoms. The van der Waals surface area contributed by atoms with Crippen LogP contribution in [0.5, 0.6) is 11.5 Å². The van der Waals surface area contributed by atoms with Crippen molar-refractivity contribution in [3.8, 4) is 17.6 Å². The van der Waals surface area contributed by atoms with Gasteiger partial charge < -0.3 is 28.0 Å². The predicted molar refractivity (Wildman–Crippen MR) is 184 cm³/mol. The monoisotopic (exact) mass is 648 g/mol. The number of methoxy groups -OCH3 is 2. The van der Waals surface area contributed by atoms with Gasteiger partial charge in [-0.25, -0.2) is 4.67 Å². The van der Waals surface area contributed by atoms with Crippen LogP contribution >= 0.6 is 8.53 Å². The van der Waals surface area contributed by atoms with Crippen LogP contribution in [0.2, 0.25) is 0 Å². The highest BCUT2D eigenvalue weighted by Gasteiger charge is 2.39. The molecule has 3 rings (SSSR count). The van der Waals surface area contributed by atoms with Crippen molar-refractivity contribution in [2.45, 2.75) is 64.8 Å². The molecule has 248 valence electrons. The summed E-state index contributed by atoms with van der Waals surface area (Å²) in [6, 6.07) is 28.6. The number of benzene rings is 3. The first kappa shape index (κ1) is 37.2. The van der Waals surface area contributed by atoms with Crippen LogP contribution in [0.4, 0.5) is 0 Å². The Labute approximate surface area is 276 Å². The highest BCUT2D eigenvalue weighted by Crippen LogP contribution is 2.48. The van der Waals surface area contributed by atoms with Crippen molar-refractivity contribution in [1.29, 1.82) is 5.26 Å². The van der Waals surface area contributed by atoms with E-state index < -0.39 is 20.2 Å². The van der Waals surface area contributed by atoms with Crippen LogP contribution in [0.1, 0.15) is 57.7 Å². The molecule has 0 saturated carbocycles. The zero-order valence-corrected chi connectivity index (χ0v) is 29.1. The lowest BCUT2D eigenvalue weighted by Crippen LogP contribution is -2.39. The lowest BCUT2D eigenvalue weighted by Gasteiger charge is -2.39. The molecule has 2 atom stereocenters. The predicted octanol–water partition coefficient (Wildman–Crippen LogP) is 8.27. The Hall–Kier alpha value is -3.28. The molecule has 0 radical (unpaired) electrons. The van der Waals surface area contributed by atoms with E-state index in [0.717, 1.165) is 28.2 Å². The SMILES string of the molecule is C/C=C\COCC(COC(c1ccccc1)(c1ccc(OC)cc1)c1ccc(OC)cc1)OP(OCCC#N)N(C(C)C)C(C)C. The maximum absolute atomic E-state index is 9.21. The maximum Gasteiger partial charge on any atom is 0.259 e. The van der Waals surface area contributed by atoms with Crippen LogP contribution in [0.25, 0.3) is 0 Å². The summed E-state index contributed by atoms with van der Waals surface area (Å²) in [6.45, 7) is 11.6. The van der Waals surface area contributed by atoms with E-state index in [0.29, 0.717) is 6.61 Å². The van der Waals surface area contributed by atoms with E-state index in [1.807, 2.05) is 85.8 Å². The minimum absolute atomic E-state index is 0.153. The number of hydrogen-bond donors (Lipinski definition) is 0. The summed E-state index contributed by atoms with van der Waals surface area (Å²) in [7, 11) is 1.78. The Bertz CT molecular complexity index is 1290. The molecule has 0 heterocycles. The Kier molecular flexibility index (Phi) is 15.7. The largest absolute Gasteiger partial charge is 0.497 e. The molecule has 46 heavy (non-hydrogen) atoms. The summed E-state index contributed by atoms with van der Waals surface area (Å²) in [5.74, 6) is 1.50. The molecule has 0 aromatic heterocycles. The number of nitriles is 1. The number of nitrogens with zero attached hydrogens (tertiary/aromatic N) is 2. The molecule has 0 N–H and O–H groups in total. The minimum atomic E-state index is -1.53. The second kappa shape index (κ2) is 19.4. The summed E-state index contributed by atoms with van der Waals surface area (Å²) in [6.07, 6.45) is 3.70. The number of rotatable bonds is 20. The lowest BCUT2D eigenvalue weighted by atomic mass is 9.80. The molecular weight excluding hydrogens is 599 g/mol. The Morgan fingerprint density at radius 2 is 1.35 bits per heavy atom. The standard InChI is InChI=1S/C37H49N2O6P/c1-8-9-25-42-27-36(45-46(44-26-13-24-38)39(29(2)3)30(4)5)28-43-37(31-14-11-10-12-15-31,32-16-20-34(40-6)21-17-32)33-18-22-35(41-7)23-19-33/h8-12,14-23,29-30,36H,13,25-28H2,1-7H3/b9-8-. The number of hydrogen-bond acceptors (Lipinski definition) is 8. The third kappa shape index (κ3) is 10.1. The molecule has 9 heteroatoms. The summed E-state index contributed by atoms with van der Waals surface area (Å²) in [5, 5.41) is 9.21. The third-order valence-electron chi connectivity index (χ3n) is 7.31. The fourth-order valence-corrected chi connectivity index (χ4v) is 6.87. The average Bonchev–Trinajstić information content (AvgIpc) is 3.07. The van der Waals surface area contributed by atoms with Crippen LogP contribution in [-0.2, 0) is 24.1 Å². The van der Waals surface area contributed by atoms with Crippen molar-refractivity contribution in [3.05, 3.63) is 108 Å². The van der Waals surface area contributed by atoms with Crippen LogP contribution in [0.15, 0.2) is 91.0 Å². The van der Waals surface area contributed by atoms with E-state index in [1.54, 1.807) is 14.2 Å². The molecule has 3 aromatic rings. The first-order valence-electron chi connectivity index (χ1n) is 15.7. The molecule has 0 aliphatic rings. The third-order valence-corrected chi connectivity index (χ3v) is 9.50. The van der Waals surface area contributed by atoms with Gasteiger partial charge in [0.15, 0.2) is 0 Å². The first-order valence-corrected chi connectivity index (χ1v) is 16.9. The zero-order valence-electron chi connectivity index (χ0n) is 28.2. The van der Waals surface area contributed by atoms with Crippen molar-refractivity contribution in [3.63, 3.8) is 0 Å². The van der Waals surface area contributed by atoms with Gasteiger partial charge in [-0.1, -0.05) is 66.7 Å². The number of allylic oxidation sites excluding steroid dienone is 1. The van der Waals surface area contributed by atoms with Gasteiger partial charge in [0, 0.05) is 12.1 Å². The highest BCUT2D eigenvalue weighted by atomic mass is 31.2. The summed E-state index contributed by atoms with van der Waals surface area (Å²) < 4.78 is 39.5. The molecule has 3 aromatic carbocycles. The zero-order chi connectivity index (χ0) is 33.4. The van der Waals surface area contributed by atoms with Gasteiger partial charge in [0.05, 0.1) is 53.1 Å². The van der Waals surface area contributed by atoms with Crippen molar-refractivity contribution in [1.82, 2.24) is 4.67 Å². The Morgan fingerprint density at radius 1 is 0.804 bits per heavy atom. The van der Waals surface area contributed by atoms with Crippen molar-refractivity contribution < 1.29 is 28.0 Å². The molecular formula is C37H49N2O6P. The van der Waals surface area contributed by atoms with Gasteiger partial charge in [-0.2, -0.15) is 5.26 Å². The summed E-state index contributed by atoms with van der Waals surface area (Å²) in [5.41, 5.74) is 1.80.